The second-order valence-electron chi connectivity index (χ2n) is 4.31. The number of likely N-dealkylation sites (N-methyl/N-ethyl adjacent to an activating group) is 1. The van der Waals surface area contributed by atoms with Gasteiger partial charge in [-0.05, 0) is 18.2 Å². The van der Waals surface area contributed by atoms with E-state index in [-0.39, 0.29) is 19.1 Å². The summed E-state index contributed by atoms with van der Waals surface area (Å²) in [5.41, 5.74) is 7.77. The number of nitrogens with zero attached hydrogens (tertiary/aromatic N) is 3. The number of nitrogens with two attached hydrogens (primary N) is 1. The van der Waals surface area contributed by atoms with Gasteiger partial charge in [0.15, 0.2) is 0 Å². The lowest BCUT2D eigenvalue weighted by molar-refractivity contribution is -0.129. The van der Waals surface area contributed by atoms with E-state index in [4.69, 9.17) is 5.73 Å². The zero-order chi connectivity index (χ0) is 13.3. The second-order valence-corrected chi connectivity index (χ2v) is 4.31. The topological polar surface area (TPSA) is 84.4 Å². The van der Waals surface area contributed by atoms with E-state index < -0.39 is 0 Å². The van der Waals surface area contributed by atoms with Gasteiger partial charge in [-0.3, -0.25) is 4.79 Å². The van der Waals surface area contributed by atoms with Gasteiger partial charge in [-0.2, -0.15) is 0 Å². The van der Waals surface area contributed by atoms with E-state index in [2.05, 4.69) is 4.98 Å². The molecule has 0 radical (unpaired) electrons. The minimum Gasteiger partial charge on any atom is -0.399 e. The molecule has 18 heavy (non-hydrogen) atoms. The lowest BCUT2D eigenvalue weighted by atomic mass is 10.3. The fourth-order valence-corrected chi connectivity index (χ4v) is 1.77. The van der Waals surface area contributed by atoms with E-state index in [9.17, 15) is 9.90 Å². The Morgan fingerprint density at radius 2 is 2.22 bits per heavy atom. The molecule has 0 unspecified atom stereocenters. The minimum atomic E-state index is -0.213. The molecule has 0 saturated heterocycles. The summed E-state index contributed by atoms with van der Waals surface area (Å²) < 4.78 is 1.71. The summed E-state index contributed by atoms with van der Waals surface area (Å²) in [4.78, 5) is 17.5. The molecule has 0 aliphatic rings. The Labute approximate surface area is 105 Å². The molecular formula is C12H16N4O2. The fraction of sp³-hybridized carbons (Fsp3) is 0.333. The maximum Gasteiger partial charge on any atom is 0.242 e. The van der Waals surface area contributed by atoms with Crippen molar-refractivity contribution in [2.75, 3.05) is 19.8 Å². The van der Waals surface area contributed by atoms with Crippen LogP contribution in [0.5, 0.6) is 0 Å². The van der Waals surface area contributed by atoms with E-state index in [0.717, 1.165) is 5.52 Å². The molecule has 0 fully saturated rings. The summed E-state index contributed by atoms with van der Waals surface area (Å²) in [5.74, 6) is 0.409. The molecule has 1 aromatic heterocycles. The highest BCUT2D eigenvalue weighted by Gasteiger charge is 2.14. The number of nitrogen functional groups attached to an aromatic ring is 1. The number of aromatic nitrogens is 2. The van der Waals surface area contributed by atoms with Crippen LogP contribution in [0.1, 0.15) is 5.82 Å². The molecule has 3 N–H and O–H groups in total. The Hall–Kier alpha value is -2.08. The van der Waals surface area contributed by atoms with Crippen molar-refractivity contribution in [3.63, 3.8) is 0 Å². The van der Waals surface area contributed by atoms with Crippen molar-refractivity contribution >= 4 is 22.6 Å². The Kier molecular flexibility index (Phi) is 3.20. The summed E-state index contributed by atoms with van der Waals surface area (Å²) in [7, 11) is 3.39. The first-order valence-electron chi connectivity index (χ1n) is 5.58. The van der Waals surface area contributed by atoms with Crippen LogP contribution in [0.2, 0.25) is 0 Å². The number of anilines is 1. The number of carbonyl (C=O) groups is 1. The van der Waals surface area contributed by atoms with Crippen molar-refractivity contribution in [2.45, 2.75) is 13.2 Å². The number of amides is 1. The van der Waals surface area contributed by atoms with E-state index in [1.165, 1.54) is 4.90 Å². The van der Waals surface area contributed by atoms with Crippen LogP contribution in [0.25, 0.3) is 11.0 Å². The molecule has 6 heteroatoms. The summed E-state index contributed by atoms with van der Waals surface area (Å²) in [5, 5.41) is 9.30. The average molecular weight is 248 g/mol. The van der Waals surface area contributed by atoms with Crippen LogP contribution in [0.3, 0.4) is 0 Å². The van der Waals surface area contributed by atoms with Crippen LogP contribution in [-0.4, -0.2) is 39.6 Å². The van der Waals surface area contributed by atoms with Gasteiger partial charge in [-0.1, -0.05) is 0 Å². The molecule has 2 aromatic rings. The molecule has 6 nitrogen and oxygen atoms in total. The Morgan fingerprint density at radius 1 is 1.50 bits per heavy atom. The number of hydrogen-bond donors (Lipinski definition) is 2. The molecule has 0 aliphatic carbocycles. The number of fused-ring (bicyclic) bond motifs is 1. The molecule has 0 saturated carbocycles. The largest absolute Gasteiger partial charge is 0.399 e. The molecule has 0 bridgehead atoms. The van der Waals surface area contributed by atoms with Crippen LogP contribution in [-0.2, 0) is 17.9 Å². The standard InChI is InChI=1S/C12H16N4O2/c1-15(2)12(18)6-16-10-4-3-8(13)5-9(10)14-11(16)7-17/h3-5,17H,6-7,13H2,1-2H3. The van der Waals surface area contributed by atoms with Gasteiger partial charge < -0.3 is 20.3 Å². The molecule has 1 heterocycles. The van der Waals surface area contributed by atoms with Crippen LogP contribution < -0.4 is 5.73 Å². The Bertz CT molecular complexity index is 589. The van der Waals surface area contributed by atoms with Crippen molar-refractivity contribution in [3.8, 4) is 0 Å². The van der Waals surface area contributed by atoms with Gasteiger partial charge in [0.2, 0.25) is 5.91 Å². The number of aliphatic hydroxyl groups excluding tert-OH is 1. The summed E-state index contributed by atoms with van der Waals surface area (Å²) in [6, 6.07) is 5.28. The Morgan fingerprint density at radius 3 is 2.83 bits per heavy atom. The maximum atomic E-state index is 11.8. The van der Waals surface area contributed by atoms with Gasteiger partial charge in [0, 0.05) is 19.8 Å². The van der Waals surface area contributed by atoms with Crippen LogP contribution in [0, 0.1) is 0 Å². The molecule has 2 rings (SSSR count). The average Bonchev–Trinajstić information content (AvgIpc) is 2.66. The lowest BCUT2D eigenvalue weighted by Gasteiger charge is -2.12. The molecule has 1 amide bonds. The Balaban J connectivity index is 2.50. The predicted octanol–water partition coefficient (Wildman–Crippen LogP) is 0.199. The van der Waals surface area contributed by atoms with Gasteiger partial charge in [0.1, 0.15) is 19.0 Å². The monoisotopic (exact) mass is 248 g/mol. The van der Waals surface area contributed by atoms with E-state index >= 15 is 0 Å². The molecular weight excluding hydrogens is 232 g/mol. The highest BCUT2D eigenvalue weighted by molar-refractivity contribution is 5.82. The molecule has 1 aromatic carbocycles. The van der Waals surface area contributed by atoms with Crippen LogP contribution in [0.4, 0.5) is 5.69 Å². The fourth-order valence-electron chi connectivity index (χ4n) is 1.77. The summed E-state index contributed by atoms with van der Waals surface area (Å²) in [6.45, 7) is -0.0569. The third-order valence-corrected chi connectivity index (χ3v) is 2.78. The first kappa shape index (κ1) is 12.4. The molecule has 0 atom stereocenters. The van der Waals surface area contributed by atoms with Crippen molar-refractivity contribution in [2.24, 2.45) is 0 Å². The molecule has 96 valence electrons. The number of hydrogen-bond acceptors (Lipinski definition) is 4. The van der Waals surface area contributed by atoms with E-state index in [0.29, 0.717) is 17.0 Å². The van der Waals surface area contributed by atoms with Gasteiger partial charge in [0.05, 0.1) is 11.0 Å². The highest BCUT2D eigenvalue weighted by atomic mass is 16.3. The third-order valence-electron chi connectivity index (χ3n) is 2.78. The zero-order valence-corrected chi connectivity index (χ0v) is 10.4. The van der Waals surface area contributed by atoms with Crippen molar-refractivity contribution in [1.82, 2.24) is 14.5 Å². The summed E-state index contributed by atoms with van der Waals surface area (Å²) >= 11 is 0. The maximum absolute atomic E-state index is 11.8. The van der Waals surface area contributed by atoms with Crippen LogP contribution in [0.15, 0.2) is 18.2 Å². The number of aliphatic hydroxyl groups is 1. The van der Waals surface area contributed by atoms with Gasteiger partial charge >= 0.3 is 0 Å². The summed E-state index contributed by atoms with van der Waals surface area (Å²) in [6.07, 6.45) is 0. The zero-order valence-electron chi connectivity index (χ0n) is 10.4. The minimum absolute atomic E-state index is 0.0548. The first-order chi connectivity index (χ1) is 8.52. The van der Waals surface area contributed by atoms with Crippen molar-refractivity contribution < 1.29 is 9.90 Å². The van der Waals surface area contributed by atoms with E-state index in [1.807, 2.05) is 0 Å². The third kappa shape index (κ3) is 2.14. The smallest absolute Gasteiger partial charge is 0.242 e. The number of benzene rings is 1. The van der Waals surface area contributed by atoms with Gasteiger partial charge in [-0.15, -0.1) is 0 Å². The molecule has 0 aliphatic heterocycles. The van der Waals surface area contributed by atoms with Crippen molar-refractivity contribution in [3.05, 3.63) is 24.0 Å². The molecule has 0 spiro atoms. The van der Waals surface area contributed by atoms with Crippen LogP contribution >= 0.6 is 0 Å². The quantitative estimate of drug-likeness (QED) is 0.760. The second kappa shape index (κ2) is 4.66. The number of imidazole rings is 1. The first-order valence-corrected chi connectivity index (χ1v) is 5.58. The lowest BCUT2D eigenvalue weighted by Crippen LogP contribution is -2.27. The predicted molar refractivity (Wildman–Crippen MR) is 68.8 cm³/mol. The number of carbonyl (C=O) groups excluding carboxylic acids is 1. The van der Waals surface area contributed by atoms with Gasteiger partial charge in [-0.25, -0.2) is 4.98 Å². The number of rotatable bonds is 3. The van der Waals surface area contributed by atoms with Crippen molar-refractivity contribution in [1.29, 1.82) is 0 Å². The highest BCUT2D eigenvalue weighted by Crippen LogP contribution is 2.19. The SMILES string of the molecule is CN(C)C(=O)Cn1c(CO)nc2cc(N)ccc21. The van der Waals surface area contributed by atoms with E-state index in [1.54, 1.807) is 36.9 Å². The van der Waals surface area contributed by atoms with Gasteiger partial charge in [0.25, 0.3) is 0 Å². The normalized spacial score (nSPS) is 10.8.